The summed E-state index contributed by atoms with van der Waals surface area (Å²) in [4.78, 5) is 16.3. The normalized spacial score (nSPS) is 10.4. The topological polar surface area (TPSA) is 42.0 Å². The summed E-state index contributed by atoms with van der Waals surface area (Å²) in [5.74, 6) is 0.0228. The first-order valence-corrected chi connectivity index (χ1v) is 6.92. The fourth-order valence-corrected chi connectivity index (χ4v) is 2.08. The molecule has 0 unspecified atom stereocenters. The number of rotatable bonds is 7. The summed E-state index contributed by atoms with van der Waals surface area (Å²) in [6.07, 6.45) is 10.0. The van der Waals surface area contributed by atoms with Crippen molar-refractivity contribution in [3.05, 3.63) is 29.1 Å². The van der Waals surface area contributed by atoms with Crippen LogP contribution in [0.5, 0.6) is 0 Å². The summed E-state index contributed by atoms with van der Waals surface area (Å²) in [6, 6.07) is 0. The molecule has 1 aromatic heterocycles. The van der Waals surface area contributed by atoms with Gasteiger partial charge in [-0.25, -0.2) is 0 Å². The lowest BCUT2D eigenvalue weighted by Crippen LogP contribution is -2.22. The van der Waals surface area contributed by atoms with E-state index in [1.807, 2.05) is 12.4 Å². The number of aromatic nitrogens is 1. The van der Waals surface area contributed by atoms with E-state index in [2.05, 4.69) is 24.1 Å². The van der Waals surface area contributed by atoms with E-state index in [9.17, 15) is 4.79 Å². The van der Waals surface area contributed by atoms with Crippen molar-refractivity contribution >= 4 is 5.91 Å². The van der Waals surface area contributed by atoms with Crippen LogP contribution in [0.25, 0.3) is 0 Å². The van der Waals surface area contributed by atoms with Gasteiger partial charge in [0.25, 0.3) is 5.91 Å². The molecular formula is C15H24N2O. The number of nitrogens with zero attached hydrogens (tertiary/aromatic N) is 1. The van der Waals surface area contributed by atoms with Crippen molar-refractivity contribution in [2.24, 2.45) is 0 Å². The Hall–Kier alpha value is -1.38. The lowest BCUT2D eigenvalue weighted by molar-refractivity contribution is 0.0961. The Kier molecular flexibility index (Phi) is 6.40. The van der Waals surface area contributed by atoms with Gasteiger partial charge in [-0.2, -0.15) is 0 Å². The maximum atomic E-state index is 12.0. The molecule has 0 bridgehead atoms. The predicted molar refractivity (Wildman–Crippen MR) is 74.9 cm³/mol. The van der Waals surface area contributed by atoms with Crippen LogP contribution in [0, 0.1) is 0 Å². The lowest BCUT2D eigenvalue weighted by Gasteiger charge is -2.12. The number of carbonyl (C=O) groups is 1. The van der Waals surface area contributed by atoms with E-state index in [-0.39, 0.29) is 5.91 Å². The van der Waals surface area contributed by atoms with Crippen molar-refractivity contribution in [2.75, 3.05) is 7.05 Å². The molecule has 0 spiro atoms. The number of carbonyl (C=O) groups excluding carboxylic acids is 1. The predicted octanol–water partition coefficient (Wildman–Crippen LogP) is 3.13. The Morgan fingerprint density at radius 3 is 2.00 bits per heavy atom. The van der Waals surface area contributed by atoms with E-state index >= 15 is 0 Å². The average molecular weight is 248 g/mol. The Morgan fingerprint density at radius 2 is 1.61 bits per heavy atom. The fraction of sp³-hybridized carbons (Fsp3) is 0.600. The molecule has 0 aromatic carbocycles. The standard InChI is InChI=1S/C15H24N2O/c1-4-6-8-12-10-17-11-13(9-7-5-2)14(12)15(18)16-3/h10-11H,4-9H2,1-3H3,(H,16,18). The van der Waals surface area contributed by atoms with Gasteiger partial charge in [0.2, 0.25) is 0 Å². The van der Waals surface area contributed by atoms with E-state index in [4.69, 9.17) is 0 Å². The highest BCUT2D eigenvalue weighted by molar-refractivity contribution is 5.96. The molecule has 0 aliphatic rings. The van der Waals surface area contributed by atoms with Crippen LogP contribution in [0.4, 0.5) is 0 Å². The van der Waals surface area contributed by atoms with E-state index in [0.717, 1.165) is 55.2 Å². The fourth-order valence-electron chi connectivity index (χ4n) is 2.08. The Bertz CT molecular complexity index is 362. The number of hydrogen-bond donors (Lipinski definition) is 1. The zero-order valence-electron chi connectivity index (χ0n) is 11.8. The minimum atomic E-state index is 0.0228. The maximum absolute atomic E-state index is 12.0. The van der Waals surface area contributed by atoms with Crippen LogP contribution in [-0.4, -0.2) is 17.9 Å². The second kappa shape index (κ2) is 7.85. The molecule has 0 fully saturated rings. The number of aryl methyl sites for hydroxylation is 2. The Labute approximate surface area is 110 Å². The van der Waals surface area contributed by atoms with Crippen molar-refractivity contribution in [1.29, 1.82) is 0 Å². The zero-order chi connectivity index (χ0) is 13.4. The number of amides is 1. The third-order valence-electron chi connectivity index (χ3n) is 3.16. The minimum absolute atomic E-state index is 0.0228. The number of hydrogen-bond acceptors (Lipinski definition) is 2. The van der Waals surface area contributed by atoms with Gasteiger partial charge >= 0.3 is 0 Å². The molecule has 0 saturated carbocycles. The van der Waals surface area contributed by atoms with Gasteiger partial charge in [0.1, 0.15) is 0 Å². The van der Waals surface area contributed by atoms with Crippen LogP contribution in [-0.2, 0) is 12.8 Å². The molecule has 3 heteroatoms. The van der Waals surface area contributed by atoms with Crippen molar-refractivity contribution in [1.82, 2.24) is 10.3 Å². The van der Waals surface area contributed by atoms with Gasteiger partial charge in [-0.1, -0.05) is 26.7 Å². The second-order valence-electron chi connectivity index (χ2n) is 4.62. The average Bonchev–Trinajstić information content (AvgIpc) is 2.41. The van der Waals surface area contributed by atoms with Crippen molar-refractivity contribution in [2.45, 2.75) is 52.4 Å². The van der Waals surface area contributed by atoms with Gasteiger partial charge in [0.15, 0.2) is 0 Å². The van der Waals surface area contributed by atoms with Crippen LogP contribution in [0.3, 0.4) is 0 Å². The van der Waals surface area contributed by atoms with Crippen molar-refractivity contribution < 1.29 is 4.79 Å². The molecule has 3 nitrogen and oxygen atoms in total. The number of nitrogens with one attached hydrogen (secondary N) is 1. The summed E-state index contributed by atoms with van der Waals surface area (Å²) in [7, 11) is 1.69. The first-order chi connectivity index (χ1) is 8.74. The summed E-state index contributed by atoms with van der Waals surface area (Å²) in [5, 5.41) is 2.75. The van der Waals surface area contributed by atoms with Crippen LogP contribution >= 0.6 is 0 Å². The van der Waals surface area contributed by atoms with Gasteiger partial charge in [-0.05, 0) is 36.8 Å². The summed E-state index contributed by atoms with van der Waals surface area (Å²) in [6.45, 7) is 4.32. The highest BCUT2D eigenvalue weighted by atomic mass is 16.1. The Morgan fingerprint density at radius 1 is 1.11 bits per heavy atom. The highest BCUT2D eigenvalue weighted by Gasteiger charge is 2.15. The van der Waals surface area contributed by atoms with E-state index in [1.54, 1.807) is 7.05 Å². The number of unbranched alkanes of at least 4 members (excludes halogenated alkanes) is 2. The van der Waals surface area contributed by atoms with E-state index in [0.29, 0.717) is 0 Å². The molecule has 0 radical (unpaired) electrons. The molecule has 1 aromatic rings. The third-order valence-corrected chi connectivity index (χ3v) is 3.16. The third kappa shape index (κ3) is 3.83. The molecule has 0 saturated heterocycles. The lowest BCUT2D eigenvalue weighted by atomic mass is 9.96. The van der Waals surface area contributed by atoms with E-state index in [1.165, 1.54) is 0 Å². The van der Waals surface area contributed by atoms with Crippen molar-refractivity contribution in [3.63, 3.8) is 0 Å². The molecule has 1 N–H and O–H groups in total. The van der Waals surface area contributed by atoms with Gasteiger partial charge in [0.05, 0.1) is 0 Å². The molecule has 1 heterocycles. The van der Waals surface area contributed by atoms with Crippen molar-refractivity contribution in [3.8, 4) is 0 Å². The molecule has 0 atom stereocenters. The largest absolute Gasteiger partial charge is 0.355 e. The monoisotopic (exact) mass is 248 g/mol. The zero-order valence-corrected chi connectivity index (χ0v) is 11.8. The second-order valence-corrected chi connectivity index (χ2v) is 4.62. The first-order valence-electron chi connectivity index (χ1n) is 6.92. The van der Waals surface area contributed by atoms with Crippen LogP contribution in [0.1, 0.15) is 61.0 Å². The van der Waals surface area contributed by atoms with Crippen LogP contribution in [0.15, 0.2) is 12.4 Å². The maximum Gasteiger partial charge on any atom is 0.251 e. The van der Waals surface area contributed by atoms with Crippen LogP contribution < -0.4 is 5.32 Å². The summed E-state index contributed by atoms with van der Waals surface area (Å²) >= 11 is 0. The molecule has 0 aliphatic carbocycles. The molecular weight excluding hydrogens is 224 g/mol. The Balaban J connectivity index is 3.04. The minimum Gasteiger partial charge on any atom is -0.355 e. The van der Waals surface area contributed by atoms with Crippen LogP contribution in [0.2, 0.25) is 0 Å². The quantitative estimate of drug-likeness (QED) is 0.805. The van der Waals surface area contributed by atoms with Gasteiger partial charge in [-0.3, -0.25) is 9.78 Å². The molecule has 1 rings (SSSR count). The molecule has 0 aliphatic heterocycles. The van der Waals surface area contributed by atoms with Gasteiger partial charge < -0.3 is 5.32 Å². The smallest absolute Gasteiger partial charge is 0.251 e. The first kappa shape index (κ1) is 14.7. The summed E-state index contributed by atoms with van der Waals surface area (Å²) in [5.41, 5.74) is 3.03. The highest BCUT2D eigenvalue weighted by Crippen LogP contribution is 2.18. The molecule has 100 valence electrons. The molecule has 1 amide bonds. The van der Waals surface area contributed by atoms with E-state index < -0.39 is 0 Å². The van der Waals surface area contributed by atoms with Gasteiger partial charge in [-0.15, -0.1) is 0 Å². The van der Waals surface area contributed by atoms with Gasteiger partial charge in [0, 0.05) is 25.0 Å². The SMILES string of the molecule is CCCCc1cncc(CCCC)c1C(=O)NC. The molecule has 18 heavy (non-hydrogen) atoms. The number of pyridine rings is 1. The summed E-state index contributed by atoms with van der Waals surface area (Å²) < 4.78 is 0.